The van der Waals surface area contributed by atoms with E-state index in [-0.39, 0.29) is 23.9 Å². The van der Waals surface area contributed by atoms with E-state index < -0.39 is 17.7 Å². The lowest BCUT2D eigenvalue weighted by Crippen LogP contribution is -2.31. The Bertz CT molecular complexity index is 1040. The van der Waals surface area contributed by atoms with Crippen molar-refractivity contribution in [3.8, 4) is 0 Å². The van der Waals surface area contributed by atoms with E-state index in [2.05, 4.69) is 5.32 Å². The molecule has 4 nitrogen and oxygen atoms in total. The van der Waals surface area contributed by atoms with Gasteiger partial charge >= 0.3 is 0 Å². The predicted molar refractivity (Wildman–Crippen MR) is 103 cm³/mol. The quantitative estimate of drug-likeness (QED) is 0.674. The van der Waals surface area contributed by atoms with Crippen molar-refractivity contribution in [1.29, 1.82) is 0 Å². The van der Waals surface area contributed by atoms with Crippen molar-refractivity contribution in [2.24, 2.45) is 0 Å². The van der Waals surface area contributed by atoms with Crippen molar-refractivity contribution in [1.82, 2.24) is 4.90 Å². The number of anilines is 1. The number of rotatable bonds is 5. The van der Waals surface area contributed by atoms with Crippen LogP contribution in [0.3, 0.4) is 0 Å². The molecule has 7 heteroatoms. The molecular formula is C21H16F2N2O2S. The maximum Gasteiger partial charge on any atom is 0.255 e. The minimum absolute atomic E-state index is 0.0131. The molecule has 1 atom stereocenters. The molecule has 0 spiro atoms. The number of nitrogens with zero attached hydrogens (tertiary/aromatic N) is 1. The van der Waals surface area contributed by atoms with E-state index in [1.165, 1.54) is 17.4 Å². The smallest absolute Gasteiger partial charge is 0.255 e. The zero-order valence-corrected chi connectivity index (χ0v) is 15.5. The minimum atomic E-state index is -1.03. The van der Waals surface area contributed by atoms with Gasteiger partial charge in [-0.2, -0.15) is 0 Å². The van der Waals surface area contributed by atoms with Gasteiger partial charge in [0, 0.05) is 28.7 Å². The van der Waals surface area contributed by atoms with Crippen molar-refractivity contribution in [2.45, 2.75) is 19.0 Å². The molecule has 0 radical (unpaired) electrons. The molecule has 0 aliphatic carbocycles. The Hall–Kier alpha value is -3.06. The van der Waals surface area contributed by atoms with Gasteiger partial charge in [0.15, 0.2) is 11.6 Å². The molecule has 2 heterocycles. The van der Waals surface area contributed by atoms with Crippen molar-refractivity contribution in [3.63, 3.8) is 0 Å². The zero-order chi connectivity index (χ0) is 19.7. The highest BCUT2D eigenvalue weighted by molar-refractivity contribution is 7.10. The summed E-state index contributed by atoms with van der Waals surface area (Å²) >= 11 is 1.47. The van der Waals surface area contributed by atoms with E-state index in [1.807, 2.05) is 35.7 Å². The second kappa shape index (κ2) is 7.52. The molecular weight excluding hydrogens is 382 g/mol. The van der Waals surface area contributed by atoms with E-state index in [0.717, 1.165) is 22.6 Å². The third kappa shape index (κ3) is 3.53. The van der Waals surface area contributed by atoms with E-state index in [0.29, 0.717) is 12.1 Å². The molecule has 2 amide bonds. The molecule has 0 fully saturated rings. The number of fused-ring (bicyclic) bond motifs is 1. The fourth-order valence-corrected chi connectivity index (χ4v) is 4.17. The topological polar surface area (TPSA) is 49.4 Å². The average molecular weight is 398 g/mol. The van der Waals surface area contributed by atoms with Crippen LogP contribution in [0.15, 0.2) is 60.0 Å². The van der Waals surface area contributed by atoms with E-state index >= 15 is 0 Å². The normalized spacial score (nSPS) is 14.1. The SMILES string of the molecule is O=C(C[C@@H](c1cccs1)N1Cc2ccccc2C1=O)Nc1ccc(F)c(F)c1. The largest absolute Gasteiger partial charge is 0.326 e. The second-order valence-electron chi connectivity index (χ2n) is 6.50. The Morgan fingerprint density at radius 2 is 1.93 bits per heavy atom. The Kier molecular flexibility index (Phi) is 4.92. The van der Waals surface area contributed by atoms with Crippen molar-refractivity contribution in [3.05, 3.63) is 87.6 Å². The molecule has 1 N–H and O–H groups in total. The molecule has 0 saturated heterocycles. The number of carbonyl (C=O) groups excluding carboxylic acids is 2. The van der Waals surface area contributed by atoms with Crippen LogP contribution in [-0.2, 0) is 11.3 Å². The first-order chi connectivity index (χ1) is 13.5. The monoisotopic (exact) mass is 398 g/mol. The van der Waals surface area contributed by atoms with Crippen LogP contribution in [0.1, 0.15) is 33.3 Å². The van der Waals surface area contributed by atoms with Crippen LogP contribution < -0.4 is 5.32 Å². The van der Waals surface area contributed by atoms with Crippen LogP contribution in [0.5, 0.6) is 0 Å². The minimum Gasteiger partial charge on any atom is -0.326 e. The van der Waals surface area contributed by atoms with E-state index in [9.17, 15) is 18.4 Å². The molecule has 142 valence electrons. The highest BCUT2D eigenvalue weighted by Crippen LogP contribution is 2.35. The number of carbonyl (C=O) groups is 2. The Morgan fingerprint density at radius 1 is 1.11 bits per heavy atom. The first-order valence-electron chi connectivity index (χ1n) is 8.70. The van der Waals surface area contributed by atoms with Crippen molar-refractivity contribution >= 4 is 28.8 Å². The number of amides is 2. The van der Waals surface area contributed by atoms with Gasteiger partial charge in [0.1, 0.15) is 0 Å². The fraction of sp³-hybridized carbons (Fsp3) is 0.143. The summed E-state index contributed by atoms with van der Waals surface area (Å²) in [4.78, 5) is 28.0. The van der Waals surface area contributed by atoms with Gasteiger partial charge in [-0.1, -0.05) is 24.3 Å². The van der Waals surface area contributed by atoms with Gasteiger partial charge in [-0.3, -0.25) is 9.59 Å². The van der Waals surface area contributed by atoms with Crippen LogP contribution in [0, 0.1) is 11.6 Å². The first-order valence-corrected chi connectivity index (χ1v) is 9.58. The maximum absolute atomic E-state index is 13.4. The lowest BCUT2D eigenvalue weighted by Gasteiger charge is -2.26. The van der Waals surface area contributed by atoms with Crippen molar-refractivity contribution < 1.29 is 18.4 Å². The molecule has 2 aromatic carbocycles. The standard InChI is InChI=1S/C21H16F2N2O2S/c22-16-8-7-14(10-17(16)23)24-20(26)11-18(19-6-3-9-28-19)25-12-13-4-1-2-5-15(13)21(25)27/h1-10,18H,11-12H2,(H,24,26)/t18-/m0/s1. The predicted octanol–water partition coefficient (Wildman–Crippen LogP) is 4.75. The summed E-state index contributed by atoms with van der Waals surface area (Å²) < 4.78 is 26.5. The first kappa shape index (κ1) is 18.3. The van der Waals surface area contributed by atoms with E-state index in [1.54, 1.807) is 11.0 Å². The second-order valence-corrected chi connectivity index (χ2v) is 7.48. The number of halogens is 2. The lowest BCUT2D eigenvalue weighted by molar-refractivity contribution is -0.117. The van der Waals surface area contributed by atoms with Crippen LogP contribution in [-0.4, -0.2) is 16.7 Å². The maximum atomic E-state index is 13.4. The Balaban J connectivity index is 1.55. The molecule has 0 saturated carbocycles. The highest BCUT2D eigenvalue weighted by atomic mass is 32.1. The third-order valence-corrected chi connectivity index (χ3v) is 5.65. The van der Waals surface area contributed by atoms with E-state index in [4.69, 9.17) is 0 Å². The summed E-state index contributed by atoms with van der Waals surface area (Å²) in [5.74, 6) is -2.50. The van der Waals surface area contributed by atoms with Crippen LogP contribution in [0.2, 0.25) is 0 Å². The molecule has 1 aliphatic rings. The summed E-state index contributed by atoms with van der Waals surface area (Å²) in [5, 5.41) is 4.48. The van der Waals surface area contributed by atoms with Crippen LogP contribution in [0.4, 0.5) is 14.5 Å². The summed E-state index contributed by atoms with van der Waals surface area (Å²) in [6, 6.07) is 13.9. The number of hydrogen-bond donors (Lipinski definition) is 1. The molecule has 28 heavy (non-hydrogen) atoms. The van der Waals surface area contributed by atoms with Crippen LogP contribution in [0.25, 0.3) is 0 Å². The molecule has 3 aromatic rings. The summed E-state index contributed by atoms with van der Waals surface area (Å²) in [6.45, 7) is 0.427. The lowest BCUT2D eigenvalue weighted by atomic mass is 10.1. The van der Waals surface area contributed by atoms with Crippen molar-refractivity contribution in [2.75, 3.05) is 5.32 Å². The van der Waals surface area contributed by atoms with Gasteiger partial charge in [0.05, 0.1) is 12.5 Å². The number of benzene rings is 2. The third-order valence-electron chi connectivity index (χ3n) is 4.68. The molecule has 1 aromatic heterocycles. The zero-order valence-electron chi connectivity index (χ0n) is 14.7. The summed E-state index contributed by atoms with van der Waals surface area (Å²) in [5.41, 5.74) is 1.74. The van der Waals surface area contributed by atoms with Gasteiger partial charge in [-0.15, -0.1) is 11.3 Å². The molecule has 1 aliphatic heterocycles. The summed E-state index contributed by atoms with van der Waals surface area (Å²) in [7, 11) is 0. The Morgan fingerprint density at radius 3 is 2.64 bits per heavy atom. The summed E-state index contributed by atoms with van der Waals surface area (Å²) in [6.07, 6.45) is 0.0131. The van der Waals surface area contributed by atoms with Gasteiger partial charge in [0.25, 0.3) is 5.91 Å². The Labute approximate surface area is 164 Å². The van der Waals surface area contributed by atoms with Crippen LogP contribution >= 0.6 is 11.3 Å². The highest BCUT2D eigenvalue weighted by Gasteiger charge is 2.34. The average Bonchev–Trinajstić information content (AvgIpc) is 3.32. The van der Waals surface area contributed by atoms with Gasteiger partial charge in [-0.05, 0) is 35.2 Å². The van der Waals surface area contributed by atoms with Gasteiger partial charge in [0.2, 0.25) is 5.91 Å². The molecule has 0 bridgehead atoms. The number of nitrogens with one attached hydrogen (secondary N) is 1. The van der Waals surface area contributed by atoms with Gasteiger partial charge in [-0.25, -0.2) is 8.78 Å². The number of thiophene rings is 1. The number of hydrogen-bond acceptors (Lipinski definition) is 3. The fourth-order valence-electron chi connectivity index (χ4n) is 3.34. The molecule has 0 unspecified atom stereocenters. The molecule has 4 rings (SSSR count). The van der Waals surface area contributed by atoms with Gasteiger partial charge < -0.3 is 10.2 Å².